The summed E-state index contributed by atoms with van der Waals surface area (Å²) in [5, 5.41) is 11.3. The minimum absolute atomic E-state index is 0.0512. The van der Waals surface area contributed by atoms with Crippen LogP contribution in [0.25, 0.3) is 21.9 Å². The van der Waals surface area contributed by atoms with Gasteiger partial charge in [-0.25, -0.2) is 4.98 Å². The van der Waals surface area contributed by atoms with Gasteiger partial charge in [0.25, 0.3) is 0 Å². The highest BCUT2D eigenvalue weighted by Crippen LogP contribution is 2.33. The van der Waals surface area contributed by atoms with Crippen LogP contribution in [0.4, 0.5) is 5.82 Å². The van der Waals surface area contributed by atoms with E-state index in [2.05, 4.69) is 65.3 Å². The van der Waals surface area contributed by atoms with Gasteiger partial charge in [0.05, 0.1) is 19.8 Å². The van der Waals surface area contributed by atoms with Gasteiger partial charge in [0.2, 0.25) is 0 Å². The fourth-order valence-electron chi connectivity index (χ4n) is 3.97. The number of aromatic nitrogens is 1. The van der Waals surface area contributed by atoms with Gasteiger partial charge in [-0.3, -0.25) is 0 Å². The summed E-state index contributed by atoms with van der Waals surface area (Å²) in [6, 6.07) is 17.0. The quantitative estimate of drug-likeness (QED) is 0.624. The smallest absolute Gasteiger partial charge is 0.136 e. The van der Waals surface area contributed by atoms with E-state index >= 15 is 0 Å². The lowest BCUT2D eigenvalue weighted by Gasteiger charge is -2.35. The molecule has 0 saturated carbocycles. The summed E-state index contributed by atoms with van der Waals surface area (Å²) in [5.74, 6) is 1.09. The Labute approximate surface area is 172 Å². The number of pyridine rings is 1. The van der Waals surface area contributed by atoms with Crippen LogP contribution in [-0.2, 0) is 11.3 Å². The van der Waals surface area contributed by atoms with Crippen LogP contribution in [0.15, 0.2) is 54.7 Å². The maximum atomic E-state index is 8.84. The maximum absolute atomic E-state index is 8.84. The summed E-state index contributed by atoms with van der Waals surface area (Å²) in [6.07, 6.45) is 2.02. The first kappa shape index (κ1) is 19.8. The largest absolute Gasteiger partial charge is 0.394 e. The molecule has 29 heavy (non-hydrogen) atoms. The Balaban J connectivity index is 1.62. The number of likely N-dealkylation sites (N-methyl/N-ethyl adjacent to an activating group) is 1. The van der Waals surface area contributed by atoms with E-state index in [4.69, 9.17) is 14.8 Å². The first-order valence-corrected chi connectivity index (χ1v) is 10.4. The zero-order chi connectivity index (χ0) is 20.1. The van der Waals surface area contributed by atoms with Gasteiger partial charge in [-0.1, -0.05) is 55.5 Å². The molecule has 2 heterocycles. The van der Waals surface area contributed by atoms with E-state index in [9.17, 15) is 0 Å². The second kappa shape index (κ2) is 9.35. The zero-order valence-electron chi connectivity index (χ0n) is 17.1. The monoisotopic (exact) mass is 391 g/mol. The number of piperazine rings is 1. The highest BCUT2D eigenvalue weighted by Gasteiger charge is 2.19. The first-order chi connectivity index (χ1) is 14.3. The Morgan fingerprint density at radius 1 is 0.966 bits per heavy atom. The first-order valence-electron chi connectivity index (χ1n) is 10.4. The molecule has 0 radical (unpaired) electrons. The summed E-state index contributed by atoms with van der Waals surface area (Å²) in [5.41, 5.74) is 3.41. The van der Waals surface area contributed by atoms with Crippen molar-refractivity contribution in [2.75, 3.05) is 50.8 Å². The van der Waals surface area contributed by atoms with Gasteiger partial charge in [0, 0.05) is 43.3 Å². The van der Waals surface area contributed by atoms with E-state index < -0.39 is 0 Å². The summed E-state index contributed by atoms with van der Waals surface area (Å²) in [7, 11) is 0. The molecule has 5 nitrogen and oxygen atoms in total. The van der Waals surface area contributed by atoms with Crippen molar-refractivity contribution in [1.82, 2.24) is 9.88 Å². The maximum Gasteiger partial charge on any atom is 0.136 e. The average molecular weight is 392 g/mol. The van der Waals surface area contributed by atoms with Gasteiger partial charge in [0.1, 0.15) is 5.82 Å². The number of fused-ring (bicyclic) bond motifs is 1. The van der Waals surface area contributed by atoms with Crippen LogP contribution in [0, 0.1) is 0 Å². The number of hydrogen-bond donors (Lipinski definition) is 1. The number of hydrogen-bond acceptors (Lipinski definition) is 5. The fraction of sp³-hybridized carbons (Fsp3) is 0.375. The van der Waals surface area contributed by atoms with Crippen molar-refractivity contribution in [3.63, 3.8) is 0 Å². The Hall–Kier alpha value is -2.47. The number of anilines is 1. The molecule has 2 aromatic carbocycles. The molecular formula is C24H29N3O2. The molecule has 1 aromatic heterocycles. The second-order valence-electron chi connectivity index (χ2n) is 7.44. The summed E-state index contributed by atoms with van der Waals surface area (Å²) in [6.45, 7) is 8.49. The highest BCUT2D eigenvalue weighted by molar-refractivity contribution is 6.02. The van der Waals surface area contributed by atoms with Crippen LogP contribution in [-0.4, -0.2) is 60.9 Å². The van der Waals surface area contributed by atoms with Crippen LogP contribution >= 0.6 is 0 Å². The molecule has 1 aliphatic heterocycles. The third-order valence-corrected chi connectivity index (χ3v) is 5.66. The third-order valence-electron chi connectivity index (χ3n) is 5.66. The van der Waals surface area contributed by atoms with Crippen LogP contribution < -0.4 is 4.90 Å². The van der Waals surface area contributed by atoms with Crippen molar-refractivity contribution in [2.45, 2.75) is 13.5 Å². The molecule has 4 rings (SSSR count). The fourth-order valence-corrected chi connectivity index (χ4v) is 3.97. The standard InChI is InChI=1S/C24H29N3O2/c1-2-26-11-13-27(14-12-26)24-22-6-4-3-5-21(22)23(17-25-24)20-9-7-19(8-10-20)18-29-16-15-28/h3-10,17,28H,2,11-16,18H2,1H3. The van der Waals surface area contributed by atoms with Gasteiger partial charge in [-0.2, -0.15) is 0 Å². The number of rotatable bonds is 7. The molecule has 5 heteroatoms. The molecule has 0 aliphatic carbocycles. The minimum atomic E-state index is 0.0512. The molecule has 0 bridgehead atoms. The topological polar surface area (TPSA) is 48.8 Å². The van der Waals surface area contributed by atoms with Crippen molar-refractivity contribution in [3.05, 3.63) is 60.3 Å². The zero-order valence-corrected chi connectivity index (χ0v) is 17.1. The Kier molecular flexibility index (Phi) is 6.39. The molecule has 0 amide bonds. The highest BCUT2D eigenvalue weighted by atomic mass is 16.5. The molecule has 0 spiro atoms. The van der Waals surface area contributed by atoms with Crippen molar-refractivity contribution in [1.29, 1.82) is 0 Å². The molecule has 1 fully saturated rings. The summed E-state index contributed by atoms with van der Waals surface area (Å²) in [4.78, 5) is 9.80. The normalized spacial score (nSPS) is 15.2. The van der Waals surface area contributed by atoms with Crippen LogP contribution in [0.1, 0.15) is 12.5 Å². The van der Waals surface area contributed by atoms with Gasteiger partial charge >= 0.3 is 0 Å². The lowest BCUT2D eigenvalue weighted by atomic mass is 9.99. The van der Waals surface area contributed by atoms with E-state index in [1.54, 1.807) is 0 Å². The van der Waals surface area contributed by atoms with Crippen molar-refractivity contribution in [2.24, 2.45) is 0 Å². The van der Waals surface area contributed by atoms with Gasteiger partial charge in [-0.05, 0) is 23.1 Å². The third kappa shape index (κ3) is 4.42. The number of benzene rings is 2. The molecule has 1 saturated heterocycles. The molecule has 1 aliphatic rings. The van der Waals surface area contributed by atoms with E-state index in [1.165, 1.54) is 10.8 Å². The predicted octanol–water partition coefficient (Wildman–Crippen LogP) is 3.55. The number of aliphatic hydroxyl groups excluding tert-OH is 1. The van der Waals surface area contributed by atoms with Gasteiger partial charge < -0.3 is 19.6 Å². The molecular weight excluding hydrogens is 362 g/mol. The Bertz CT molecular complexity index is 935. The lowest BCUT2D eigenvalue weighted by Crippen LogP contribution is -2.46. The molecule has 3 aromatic rings. The van der Waals surface area contributed by atoms with Crippen molar-refractivity contribution < 1.29 is 9.84 Å². The van der Waals surface area contributed by atoms with Gasteiger partial charge in [-0.15, -0.1) is 0 Å². The van der Waals surface area contributed by atoms with E-state index in [0.717, 1.165) is 55.2 Å². The van der Waals surface area contributed by atoms with E-state index in [-0.39, 0.29) is 6.61 Å². The van der Waals surface area contributed by atoms with Crippen molar-refractivity contribution in [3.8, 4) is 11.1 Å². The Morgan fingerprint density at radius 3 is 2.38 bits per heavy atom. The SMILES string of the molecule is CCN1CCN(c2ncc(-c3ccc(COCCO)cc3)c3ccccc23)CC1. The molecule has 0 atom stereocenters. The minimum Gasteiger partial charge on any atom is -0.394 e. The van der Waals surface area contributed by atoms with Gasteiger partial charge in [0.15, 0.2) is 0 Å². The molecule has 1 N–H and O–H groups in total. The lowest BCUT2D eigenvalue weighted by molar-refractivity contribution is 0.0815. The molecule has 0 unspecified atom stereocenters. The van der Waals surface area contributed by atoms with Crippen LogP contribution in [0.2, 0.25) is 0 Å². The number of nitrogens with zero attached hydrogens (tertiary/aromatic N) is 3. The number of ether oxygens (including phenoxy) is 1. The average Bonchev–Trinajstić information content (AvgIpc) is 2.79. The van der Waals surface area contributed by atoms with E-state index in [1.807, 2.05) is 6.20 Å². The van der Waals surface area contributed by atoms with Crippen molar-refractivity contribution >= 4 is 16.6 Å². The second-order valence-corrected chi connectivity index (χ2v) is 7.44. The van der Waals surface area contributed by atoms with E-state index in [0.29, 0.717) is 13.2 Å². The van der Waals surface area contributed by atoms with Crippen LogP contribution in [0.5, 0.6) is 0 Å². The Morgan fingerprint density at radius 2 is 1.69 bits per heavy atom. The summed E-state index contributed by atoms with van der Waals surface area (Å²) < 4.78 is 5.41. The number of aliphatic hydroxyl groups is 1. The molecule has 152 valence electrons. The predicted molar refractivity (Wildman–Crippen MR) is 118 cm³/mol. The summed E-state index contributed by atoms with van der Waals surface area (Å²) >= 11 is 0. The van der Waals surface area contributed by atoms with Crippen LogP contribution in [0.3, 0.4) is 0 Å².